The summed E-state index contributed by atoms with van der Waals surface area (Å²) in [6.07, 6.45) is 4.91. The van der Waals surface area contributed by atoms with Crippen molar-refractivity contribution in [2.45, 2.75) is 57.8 Å². The number of carbonyl (C=O) groups is 1. The molecule has 2 aliphatic rings. The molecule has 1 aliphatic carbocycles. The first-order valence-corrected chi connectivity index (χ1v) is 9.32. The van der Waals surface area contributed by atoms with Gasteiger partial charge in [0, 0.05) is 19.1 Å². The number of nitrogens with zero attached hydrogens (tertiary/aromatic N) is 1. The van der Waals surface area contributed by atoms with Crippen molar-refractivity contribution in [2.75, 3.05) is 19.6 Å². The maximum atomic E-state index is 12.4. The quantitative estimate of drug-likeness (QED) is 0.922. The minimum Gasteiger partial charge on any atom is -0.368 e. The van der Waals surface area contributed by atoms with Gasteiger partial charge in [-0.3, -0.25) is 9.69 Å². The molecular formula is C20H30N2O2. The van der Waals surface area contributed by atoms with Gasteiger partial charge in [-0.05, 0) is 44.1 Å². The lowest BCUT2D eigenvalue weighted by molar-refractivity contribution is -0.127. The fourth-order valence-corrected chi connectivity index (χ4v) is 3.90. The van der Waals surface area contributed by atoms with Gasteiger partial charge in [0.25, 0.3) is 0 Å². The molecule has 1 aromatic rings. The molecule has 4 nitrogen and oxygen atoms in total. The van der Waals surface area contributed by atoms with Gasteiger partial charge >= 0.3 is 0 Å². The predicted octanol–water partition coefficient (Wildman–Crippen LogP) is 3.14. The van der Waals surface area contributed by atoms with Crippen molar-refractivity contribution in [1.82, 2.24) is 10.2 Å². The van der Waals surface area contributed by atoms with Crippen LogP contribution in [0.15, 0.2) is 30.3 Å². The molecule has 24 heavy (non-hydrogen) atoms. The van der Waals surface area contributed by atoms with E-state index in [4.69, 9.17) is 4.74 Å². The zero-order valence-electron chi connectivity index (χ0n) is 14.9. The number of hydrogen-bond donors (Lipinski definition) is 1. The minimum absolute atomic E-state index is 0.0540. The molecule has 1 aromatic carbocycles. The number of hydrogen-bond acceptors (Lipinski definition) is 3. The Kier molecular flexibility index (Phi) is 5.90. The van der Waals surface area contributed by atoms with Crippen molar-refractivity contribution in [3.8, 4) is 0 Å². The Labute approximate surface area is 145 Å². The normalized spacial score (nSPS) is 31.6. The molecule has 1 amide bonds. The molecule has 2 fully saturated rings. The first kappa shape index (κ1) is 17.4. The molecule has 4 heteroatoms. The summed E-state index contributed by atoms with van der Waals surface area (Å²) in [6.45, 7) is 6.46. The third-order valence-electron chi connectivity index (χ3n) is 5.26. The van der Waals surface area contributed by atoms with Gasteiger partial charge in [-0.2, -0.15) is 0 Å². The molecule has 0 aromatic heterocycles. The highest BCUT2D eigenvalue weighted by atomic mass is 16.5. The largest absolute Gasteiger partial charge is 0.368 e. The summed E-state index contributed by atoms with van der Waals surface area (Å²) >= 11 is 0. The Morgan fingerprint density at radius 1 is 1.12 bits per heavy atom. The maximum Gasteiger partial charge on any atom is 0.234 e. The average Bonchev–Trinajstić information content (AvgIpc) is 2.57. The van der Waals surface area contributed by atoms with E-state index in [0.717, 1.165) is 31.8 Å². The van der Waals surface area contributed by atoms with E-state index in [1.54, 1.807) is 0 Å². The number of rotatable bonds is 4. The van der Waals surface area contributed by atoms with Crippen LogP contribution in [0.3, 0.4) is 0 Å². The lowest BCUT2D eigenvalue weighted by Gasteiger charge is -2.37. The number of ether oxygens (including phenoxy) is 1. The molecule has 1 aliphatic heterocycles. The van der Waals surface area contributed by atoms with Crippen molar-refractivity contribution in [2.24, 2.45) is 5.92 Å². The Morgan fingerprint density at radius 2 is 1.83 bits per heavy atom. The molecule has 1 N–H and O–H groups in total. The SMILES string of the molecule is CC1CCC(NC(=O)CN2C[C@@H](C)O[C@H](c3ccccc3)C2)CC1. The van der Waals surface area contributed by atoms with Crippen molar-refractivity contribution < 1.29 is 9.53 Å². The second-order valence-corrected chi connectivity index (χ2v) is 7.56. The van der Waals surface area contributed by atoms with Gasteiger partial charge in [-0.15, -0.1) is 0 Å². The van der Waals surface area contributed by atoms with E-state index in [-0.39, 0.29) is 18.1 Å². The summed E-state index contributed by atoms with van der Waals surface area (Å²) in [6, 6.07) is 10.7. The van der Waals surface area contributed by atoms with Crippen LogP contribution in [0.25, 0.3) is 0 Å². The standard InChI is InChI=1S/C20H30N2O2/c1-15-8-10-18(11-9-15)21-20(23)14-22-12-16(2)24-19(13-22)17-6-4-3-5-7-17/h3-7,15-16,18-19H,8-14H2,1-2H3,(H,21,23)/t15?,16-,18?,19+/m1/s1. The van der Waals surface area contributed by atoms with Crippen molar-refractivity contribution in [3.63, 3.8) is 0 Å². The van der Waals surface area contributed by atoms with E-state index in [9.17, 15) is 4.79 Å². The molecule has 2 atom stereocenters. The van der Waals surface area contributed by atoms with Crippen molar-refractivity contribution in [3.05, 3.63) is 35.9 Å². The van der Waals surface area contributed by atoms with Gasteiger partial charge in [0.1, 0.15) is 0 Å². The number of carbonyl (C=O) groups excluding carboxylic acids is 1. The molecule has 0 bridgehead atoms. The molecule has 1 saturated carbocycles. The van der Waals surface area contributed by atoms with Crippen LogP contribution in [0.4, 0.5) is 0 Å². The Morgan fingerprint density at radius 3 is 2.54 bits per heavy atom. The zero-order valence-corrected chi connectivity index (χ0v) is 14.9. The van der Waals surface area contributed by atoms with Crippen LogP contribution in [-0.2, 0) is 9.53 Å². The monoisotopic (exact) mass is 330 g/mol. The fourth-order valence-electron chi connectivity index (χ4n) is 3.90. The second-order valence-electron chi connectivity index (χ2n) is 7.56. The van der Waals surface area contributed by atoms with Gasteiger partial charge in [-0.25, -0.2) is 0 Å². The third kappa shape index (κ3) is 4.81. The van der Waals surface area contributed by atoms with E-state index in [2.05, 4.69) is 36.2 Å². The lowest BCUT2D eigenvalue weighted by Crippen LogP contribution is -2.49. The molecular weight excluding hydrogens is 300 g/mol. The summed E-state index contributed by atoms with van der Waals surface area (Å²) in [4.78, 5) is 14.6. The van der Waals surface area contributed by atoms with E-state index < -0.39 is 0 Å². The number of amides is 1. The predicted molar refractivity (Wildman–Crippen MR) is 95.7 cm³/mol. The Hall–Kier alpha value is -1.39. The molecule has 1 saturated heterocycles. The molecule has 0 spiro atoms. The summed E-state index contributed by atoms with van der Waals surface area (Å²) in [5.41, 5.74) is 1.19. The van der Waals surface area contributed by atoms with Crippen molar-refractivity contribution >= 4 is 5.91 Å². The van der Waals surface area contributed by atoms with Crippen LogP contribution in [-0.4, -0.2) is 42.6 Å². The van der Waals surface area contributed by atoms with Crippen molar-refractivity contribution in [1.29, 1.82) is 0 Å². The number of benzene rings is 1. The Bertz CT molecular complexity index is 526. The van der Waals surface area contributed by atoms with Crippen LogP contribution >= 0.6 is 0 Å². The first-order valence-electron chi connectivity index (χ1n) is 9.32. The minimum atomic E-state index is 0.0540. The highest BCUT2D eigenvalue weighted by Crippen LogP contribution is 2.25. The highest BCUT2D eigenvalue weighted by Gasteiger charge is 2.28. The Balaban J connectivity index is 1.51. The highest BCUT2D eigenvalue weighted by molar-refractivity contribution is 5.78. The lowest BCUT2D eigenvalue weighted by atomic mass is 9.87. The average molecular weight is 330 g/mol. The van der Waals surface area contributed by atoms with Gasteiger partial charge < -0.3 is 10.1 Å². The molecule has 0 unspecified atom stereocenters. The van der Waals surface area contributed by atoms with E-state index in [1.807, 2.05) is 18.2 Å². The summed E-state index contributed by atoms with van der Waals surface area (Å²) in [5.74, 6) is 0.973. The first-order chi connectivity index (χ1) is 11.6. The summed E-state index contributed by atoms with van der Waals surface area (Å²) < 4.78 is 6.07. The maximum absolute atomic E-state index is 12.4. The van der Waals surface area contributed by atoms with Gasteiger partial charge in [0.15, 0.2) is 0 Å². The molecule has 132 valence electrons. The van der Waals surface area contributed by atoms with Gasteiger partial charge in [0.05, 0.1) is 18.8 Å². The zero-order chi connectivity index (χ0) is 16.9. The molecule has 3 rings (SSSR count). The summed E-state index contributed by atoms with van der Waals surface area (Å²) in [5, 5.41) is 3.23. The molecule has 0 radical (unpaired) electrons. The second kappa shape index (κ2) is 8.13. The summed E-state index contributed by atoms with van der Waals surface area (Å²) in [7, 11) is 0. The van der Waals surface area contributed by atoms with Gasteiger partial charge in [-0.1, -0.05) is 37.3 Å². The van der Waals surface area contributed by atoms with E-state index in [1.165, 1.54) is 18.4 Å². The smallest absolute Gasteiger partial charge is 0.234 e. The number of morpholine rings is 1. The fraction of sp³-hybridized carbons (Fsp3) is 0.650. The van der Waals surface area contributed by atoms with Crippen LogP contribution in [0.5, 0.6) is 0 Å². The third-order valence-corrected chi connectivity index (χ3v) is 5.26. The topological polar surface area (TPSA) is 41.6 Å². The van der Waals surface area contributed by atoms with Crippen LogP contribution in [0.2, 0.25) is 0 Å². The van der Waals surface area contributed by atoms with Gasteiger partial charge in [0.2, 0.25) is 5.91 Å². The number of nitrogens with one attached hydrogen (secondary N) is 1. The van der Waals surface area contributed by atoms with Crippen LogP contribution < -0.4 is 5.32 Å². The van der Waals surface area contributed by atoms with E-state index in [0.29, 0.717) is 12.6 Å². The molecule has 1 heterocycles. The van der Waals surface area contributed by atoms with Crippen LogP contribution in [0.1, 0.15) is 51.2 Å². The van der Waals surface area contributed by atoms with E-state index >= 15 is 0 Å². The van der Waals surface area contributed by atoms with Crippen LogP contribution in [0, 0.1) is 5.92 Å².